The van der Waals surface area contributed by atoms with Crippen LogP contribution in [0, 0.1) is 25.0 Å². The fourth-order valence-corrected chi connectivity index (χ4v) is 3.36. The van der Waals surface area contributed by atoms with Gasteiger partial charge in [0.05, 0.1) is 10.5 Å². The van der Waals surface area contributed by atoms with Gasteiger partial charge < -0.3 is 10.2 Å². The van der Waals surface area contributed by atoms with E-state index in [0.29, 0.717) is 11.3 Å². The number of rotatable bonds is 4. The Labute approximate surface area is 159 Å². The van der Waals surface area contributed by atoms with Crippen molar-refractivity contribution in [3.63, 3.8) is 0 Å². The lowest BCUT2D eigenvalue weighted by Gasteiger charge is -2.33. The van der Waals surface area contributed by atoms with Gasteiger partial charge in [-0.3, -0.25) is 10.1 Å². The quantitative estimate of drug-likeness (QED) is 0.436. The van der Waals surface area contributed by atoms with Gasteiger partial charge in [-0.05, 0) is 59.7 Å². The molecule has 2 heterocycles. The Hall–Kier alpha value is -2.41. The number of nitrogens with one attached hydrogen (secondary N) is 1. The van der Waals surface area contributed by atoms with Crippen molar-refractivity contribution in [3.05, 3.63) is 55.8 Å². The van der Waals surface area contributed by atoms with E-state index >= 15 is 0 Å². The third kappa shape index (κ3) is 4.17. The molecule has 2 aromatic rings. The van der Waals surface area contributed by atoms with Crippen LogP contribution in [-0.2, 0) is 0 Å². The Bertz CT molecular complexity index is 811. The molecule has 1 N–H and O–H groups in total. The van der Waals surface area contributed by atoms with Gasteiger partial charge in [0.25, 0.3) is 5.69 Å². The molecule has 1 aliphatic heterocycles. The van der Waals surface area contributed by atoms with Crippen LogP contribution in [-0.4, -0.2) is 29.0 Å². The van der Waals surface area contributed by atoms with E-state index in [1.54, 1.807) is 24.4 Å². The average Bonchev–Trinajstić information content (AvgIpc) is 2.64. The molecular formula is C17H16IN5O2. The maximum atomic E-state index is 11.2. The molecule has 1 aliphatic rings. The van der Waals surface area contributed by atoms with E-state index in [1.807, 2.05) is 12.1 Å². The second-order valence-electron chi connectivity index (χ2n) is 5.84. The van der Waals surface area contributed by atoms with E-state index in [0.717, 1.165) is 35.3 Å². The van der Waals surface area contributed by atoms with Crippen molar-refractivity contribution in [2.75, 3.05) is 23.3 Å². The van der Waals surface area contributed by atoms with Crippen molar-refractivity contribution in [1.82, 2.24) is 4.98 Å². The largest absolute Gasteiger partial charge is 0.377 e. The van der Waals surface area contributed by atoms with Crippen LogP contribution in [0.5, 0.6) is 0 Å². The van der Waals surface area contributed by atoms with Crippen molar-refractivity contribution >= 4 is 39.8 Å². The number of nitro groups is 1. The Morgan fingerprint density at radius 3 is 2.68 bits per heavy atom. The van der Waals surface area contributed by atoms with Gasteiger partial charge in [-0.15, -0.1) is 0 Å². The summed E-state index contributed by atoms with van der Waals surface area (Å²) in [6.07, 6.45) is 3.31. The number of benzene rings is 1. The zero-order valence-corrected chi connectivity index (χ0v) is 15.5. The van der Waals surface area contributed by atoms with Crippen molar-refractivity contribution in [1.29, 1.82) is 5.26 Å². The van der Waals surface area contributed by atoms with Crippen LogP contribution in [0.4, 0.5) is 17.2 Å². The van der Waals surface area contributed by atoms with Crippen LogP contribution in [0.3, 0.4) is 0 Å². The first-order valence-electron chi connectivity index (χ1n) is 7.88. The number of halogens is 1. The molecule has 0 bridgehead atoms. The topological polar surface area (TPSA) is 95.1 Å². The van der Waals surface area contributed by atoms with E-state index < -0.39 is 0 Å². The van der Waals surface area contributed by atoms with E-state index in [9.17, 15) is 10.1 Å². The minimum atomic E-state index is -0.347. The SMILES string of the molecule is N#Cc1ccc(N2CCC(Nc3ccc(I)cc3[N+](=O)[O-])CC2)nc1. The van der Waals surface area contributed by atoms with Crippen molar-refractivity contribution in [2.45, 2.75) is 18.9 Å². The molecule has 8 heteroatoms. The number of nitriles is 1. The number of aromatic nitrogens is 1. The first-order chi connectivity index (χ1) is 12.1. The summed E-state index contributed by atoms with van der Waals surface area (Å²) in [6.45, 7) is 1.63. The van der Waals surface area contributed by atoms with Crippen LogP contribution in [0.25, 0.3) is 0 Å². The first kappa shape index (κ1) is 17.4. The monoisotopic (exact) mass is 449 g/mol. The minimum absolute atomic E-state index is 0.114. The zero-order chi connectivity index (χ0) is 17.8. The van der Waals surface area contributed by atoms with Crippen molar-refractivity contribution in [2.24, 2.45) is 0 Å². The van der Waals surface area contributed by atoms with Gasteiger partial charge in [-0.25, -0.2) is 4.98 Å². The summed E-state index contributed by atoms with van der Waals surface area (Å²) in [6, 6.07) is 11.1. The highest BCUT2D eigenvalue weighted by atomic mass is 127. The average molecular weight is 449 g/mol. The van der Waals surface area contributed by atoms with Gasteiger partial charge in [0.1, 0.15) is 17.6 Å². The first-order valence-corrected chi connectivity index (χ1v) is 8.96. The third-order valence-corrected chi connectivity index (χ3v) is 4.88. The number of nitro benzene ring substituents is 1. The number of nitrogens with zero attached hydrogens (tertiary/aromatic N) is 4. The molecule has 128 valence electrons. The Morgan fingerprint density at radius 1 is 1.32 bits per heavy atom. The molecular weight excluding hydrogens is 433 g/mol. The van der Waals surface area contributed by atoms with Gasteiger partial charge in [0.15, 0.2) is 0 Å². The summed E-state index contributed by atoms with van der Waals surface area (Å²) in [5.74, 6) is 0.859. The second kappa shape index (κ2) is 7.65. The number of anilines is 2. The summed E-state index contributed by atoms with van der Waals surface area (Å²) in [5.41, 5.74) is 1.23. The summed E-state index contributed by atoms with van der Waals surface area (Å²) in [5, 5.41) is 23.4. The summed E-state index contributed by atoms with van der Waals surface area (Å²) in [7, 11) is 0. The van der Waals surface area contributed by atoms with Crippen LogP contribution in [0.2, 0.25) is 0 Å². The molecule has 0 atom stereocenters. The minimum Gasteiger partial charge on any atom is -0.377 e. The van der Waals surface area contributed by atoms with E-state index in [-0.39, 0.29) is 16.7 Å². The zero-order valence-electron chi connectivity index (χ0n) is 13.4. The molecule has 1 saturated heterocycles. The molecule has 1 aromatic heterocycles. The Morgan fingerprint density at radius 2 is 2.08 bits per heavy atom. The number of hydrogen-bond donors (Lipinski definition) is 1. The number of piperidine rings is 1. The predicted octanol–water partition coefficient (Wildman–Crippen LogP) is 3.55. The van der Waals surface area contributed by atoms with Gasteiger partial charge in [-0.1, -0.05) is 0 Å². The molecule has 1 aromatic carbocycles. The van der Waals surface area contributed by atoms with Crippen LogP contribution in [0.1, 0.15) is 18.4 Å². The van der Waals surface area contributed by atoms with Crippen LogP contribution >= 0.6 is 22.6 Å². The fourth-order valence-electron chi connectivity index (χ4n) is 2.89. The molecule has 0 amide bonds. The molecule has 25 heavy (non-hydrogen) atoms. The van der Waals surface area contributed by atoms with Crippen molar-refractivity contribution in [3.8, 4) is 6.07 Å². The van der Waals surface area contributed by atoms with Crippen molar-refractivity contribution < 1.29 is 4.92 Å². The number of pyridine rings is 1. The summed E-state index contributed by atoms with van der Waals surface area (Å²) < 4.78 is 0.844. The summed E-state index contributed by atoms with van der Waals surface area (Å²) in [4.78, 5) is 17.4. The van der Waals surface area contributed by atoms with E-state index in [4.69, 9.17) is 5.26 Å². The maximum Gasteiger partial charge on any atom is 0.293 e. The Balaban J connectivity index is 1.63. The smallest absolute Gasteiger partial charge is 0.293 e. The lowest BCUT2D eigenvalue weighted by Crippen LogP contribution is -2.39. The van der Waals surface area contributed by atoms with Crippen LogP contribution in [0.15, 0.2) is 36.5 Å². The predicted molar refractivity (Wildman–Crippen MR) is 104 cm³/mol. The Kier molecular flexibility index (Phi) is 5.33. The summed E-state index contributed by atoms with van der Waals surface area (Å²) >= 11 is 2.07. The lowest BCUT2D eigenvalue weighted by atomic mass is 10.0. The standard InChI is InChI=1S/C17H16IN5O2/c18-13-2-3-15(16(9-13)23(24)25)21-14-5-7-22(8-6-14)17-4-1-12(10-19)11-20-17/h1-4,9,11,14,21H,5-8H2. The fraction of sp³-hybridized carbons (Fsp3) is 0.294. The highest BCUT2D eigenvalue weighted by Crippen LogP contribution is 2.29. The molecule has 0 spiro atoms. The molecule has 0 radical (unpaired) electrons. The normalized spacial score (nSPS) is 14.8. The van der Waals surface area contributed by atoms with Gasteiger partial charge in [0.2, 0.25) is 0 Å². The second-order valence-corrected chi connectivity index (χ2v) is 7.09. The van der Waals surface area contributed by atoms with E-state index in [1.165, 1.54) is 0 Å². The highest BCUT2D eigenvalue weighted by Gasteiger charge is 2.23. The van der Waals surface area contributed by atoms with E-state index in [2.05, 4.69) is 43.9 Å². The molecule has 0 saturated carbocycles. The highest BCUT2D eigenvalue weighted by molar-refractivity contribution is 14.1. The molecule has 3 rings (SSSR count). The third-order valence-electron chi connectivity index (χ3n) is 4.21. The van der Waals surface area contributed by atoms with Gasteiger partial charge in [0, 0.05) is 35.0 Å². The molecule has 7 nitrogen and oxygen atoms in total. The lowest BCUT2D eigenvalue weighted by molar-refractivity contribution is -0.384. The van der Waals surface area contributed by atoms with Crippen LogP contribution < -0.4 is 10.2 Å². The molecule has 0 unspecified atom stereocenters. The van der Waals surface area contributed by atoms with Gasteiger partial charge >= 0.3 is 0 Å². The van der Waals surface area contributed by atoms with Gasteiger partial charge in [-0.2, -0.15) is 5.26 Å². The number of hydrogen-bond acceptors (Lipinski definition) is 6. The molecule has 1 fully saturated rings. The molecule has 0 aliphatic carbocycles. The maximum absolute atomic E-state index is 11.2.